The van der Waals surface area contributed by atoms with Crippen molar-refractivity contribution >= 4 is 11.6 Å². The van der Waals surface area contributed by atoms with Gasteiger partial charge in [-0.05, 0) is 24.3 Å². The molecular weight excluding hydrogens is 254 g/mol. The van der Waals surface area contributed by atoms with Crippen molar-refractivity contribution in [1.29, 1.82) is 0 Å². The van der Waals surface area contributed by atoms with Crippen LogP contribution in [0.3, 0.4) is 0 Å². The van der Waals surface area contributed by atoms with Gasteiger partial charge in [-0.1, -0.05) is 18.2 Å². The van der Waals surface area contributed by atoms with Crippen LogP contribution in [0.15, 0.2) is 61.3 Å². The number of aromatic nitrogens is 4. The highest BCUT2D eigenvalue weighted by molar-refractivity contribution is 6.04. The molecule has 2 aromatic heterocycles. The fourth-order valence-corrected chi connectivity index (χ4v) is 1.74. The van der Waals surface area contributed by atoms with Crippen molar-refractivity contribution in [2.75, 3.05) is 5.32 Å². The maximum atomic E-state index is 12.2. The summed E-state index contributed by atoms with van der Waals surface area (Å²) in [6, 6.07) is 12.6. The molecule has 20 heavy (non-hydrogen) atoms. The third-order valence-corrected chi connectivity index (χ3v) is 2.72. The Bertz CT molecular complexity index is 709. The van der Waals surface area contributed by atoms with E-state index in [4.69, 9.17) is 0 Å². The van der Waals surface area contributed by atoms with Crippen LogP contribution >= 0.6 is 0 Å². The smallest absolute Gasteiger partial charge is 0.255 e. The molecule has 0 radical (unpaired) electrons. The first-order valence-electron chi connectivity index (χ1n) is 6.00. The number of benzene rings is 1. The Kier molecular flexibility index (Phi) is 3.20. The Balaban J connectivity index is 1.84. The number of carbonyl (C=O) groups excluding carboxylic acids is 1. The standard InChI is InChI=1S/C14H11N5O/c20-14(18-12-4-2-1-3-5-12)11-6-7-15-13(8-11)19-9-16-17-10-19/h1-10H,(H,18,20). The molecule has 0 saturated carbocycles. The summed E-state index contributed by atoms with van der Waals surface area (Å²) in [7, 11) is 0. The average Bonchev–Trinajstić information content (AvgIpc) is 3.03. The molecule has 0 unspecified atom stereocenters. The predicted octanol–water partition coefficient (Wildman–Crippen LogP) is 1.91. The van der Waals surface area contributed by atoms with Crippen LogP contribution in [-0.4, -0.2) is 25.7 Å². The number of amides is 1. The number of para-hydroxylation sites is 1. The Morgan fingerprint density at radius 1 is 1.05 bits per heavy atom. The Hall–Kier alpha value is -3.02. The summed E-state index contributed by atoms with van der Waals surface area (Å²) in [6.45, 7) is 0. The first kappa shape index (κ1) is 12.0. The number of pyridine rings is 1. The topological polar surface area (TPSA) is 72.7 Å². The van der Waals surface area contributed by atoms with Crippen molar-refractivity contribution < 1.29 is 4.79 Å². The quantitative estimate of drug-likeness (QED) is 0.785. The summed E-state index contributed by atoms with van der Waals surface area (Å²) in [6.07, 6.45) is 4.64. The zero-order valence-electron chi connectivity index (χ0n) is 10.5. The van der Waals surface area contributed by atoms with Crippen LogP contribution in [0.25, 0.3) is 5.82 Å². The summed E-state index contributed by atoms with van der Waals surface area (Å²) in [5, 5.41) is 10.2. The van der Waals surface area contributed by atoms with Crippen molar-refractivity contribution in [3.8, 4) is 5.82 Å². The molecule has 0 bridgehead atoms. The van der Waals surface area contributed by atoms with Crippen molar-refractivity contribution in [3.63, 3.8) is 0 Å². The molecule has 1 amide bonds. The third kappa shape index (κ3) is 2.54. The van der Waals surface area contributed by atoms with Gasteiger partial charge in [0.15, 0.2) is 0 Å². The van der Waals surface area contributed by atoms with Gasteiger partial charge in [0.25, 0.3) is 5.91 Å². The number of carbonyl (C=O) groups is 1. The molecule has 3 rings (SSSR count). The maximum absolute atomic E-state index is 12.2. The predicted molar refractivity (Wildman–Crippen MR) is 73.5 cm³/mol. The van der Waals surface area contributed by atoms with Gasteiger partial charge in [0, 0.05) is 17.4 Å². The fraction of sp³-hybridized carbons (Fsp3) is 0. The minimum Gasteiger partial charge on any atom is -0.322 e. The zero-order valence-corrected chi connectivity index (χ0v) is 10.5. The van der Waals surface area contributed by atoms with Gasteiger partial charge in [-0.3, -0.25) is 9.36 Å². The first-order valence-corrected chi connectivity index (χ1v) is 6.00. The van der Waals surface area contributed by atoms with Gasteiger partial charge in [-0.2, -0.15) is 0 Å². The van der Waals surface area contributed by atoms with E-state index >= 15 is 0 Å². The van der Waals surface area contributed by atoms with Gasteiger partial charge >= 0.3 is 0 Å². The maximum Gasteiger partial charge on any atom is 0.255 e. The van der Waals surface area contributed by atoms with E-state index in [1.807, 2.05) is 30.3 Å². The second kappa shape index (κ2) is 5.31. The lowest BCUT2D eigenvalue weighted by molar-refractivity contribution is 0.102. The van der Waals surface area contributed by atoms with E-state index in [-0.39, 0.29) is 5.91 Å². The molecule has 6 heteroatoms. The van der Waals surface area contributed by atoms with Crippen LogP contribution in [0.4, 0.5) is 5.69 Å². The highest BCUT2D eigenvalue weighted by Crippen LogP contribution is 2.10. The molecule has 0 aliphatic rings. The van der Waals surface area contributed by atoms with Crippen LogP contribution in [0, 0.1) is 0 Å². The summed E-state index contributed by atoms with van der Waals surface area (Å²) in [5.41, 5.74) is 1.27. The van der Waals surface area contributed by atoms with E-state index in [1.54, 1.807) is 22.9 Å². The van der Waals surface area contributed by atoms with Gasteiger partial charge in [0.2, 0.25) is 0 Å². The van der Waals surface area contributed by atoms with E-state index in [1.165, 1.54) is 12.7 Å². The summed E-state index contributed by atoms with van der Waals surface area (Å²) < 4.78 is 1.64. The molecule has 2 heterocycles. The zero-order chi connectivity index (χ0) is 13.8. The Morgan fingerprint density at radius 3 is 2.55 bits per heavy atom. The highest BCUT2D eigenvalue weighted by atomic mass is 16.1. The molecule has 0 fully saturated rings. The number of hydrogen-bond donors (Lipinski definition) is 1. The van der Waals surface area contributed by atoms with Gasteiger partial charge in [-0.15, -0.1) is 10.2 Å². The Labute approximate surface area is 115 Å². The molecule has 1 aromatic carbocycles. The van der Waals surface area contributed by atoms with E-state index in [0.29, 0.717) is 11.4 Å². The molecular formula is C14H11N5O. The molecule has 0 spiro atoms. The van der Waals surface area contributed by atoms with E-state index in [2.05, 4.69) is 20.5 Å². The van der Waals surface area contributed by atoms with Crippen molar-refractivity contribution in [2.45, 2.75) is 0 Å². The van der Waals surface area contributed by atoms with Crippen LogP contribution in [0.1, 0.15) is 10.4 Å². The Morgan fingerprint density at radius 2 is 1.80 bits per heavy atom. The van der Waals surface area contributed by atoms with Gasteiger partial charge in [-0.25, -0.2) is 4.98 Å². The number of nitrogens with one attached hydrogen (secondary N) is 1. The number of anilines is 1. The SMILES string of the molecule is O=C(Nc1ccccc1)c1ccnc(-n2cnnc2)c1. The highest BCUT2D eigenvalue weighted by Gasteiger charge is 2.08. The molecule has 0 saturated heterocycles. The second-order valence-corrected chi connectivity index (χ2v) is 4.09. The lowest BCUT2D eigenvalue weighted by atomic mass is 10.2. The molecule has 0 aliphatic carbocycles. The third-order valence-electron chi connectivity index (χ3n) is 2.72. The largest absolute Gasteiger partial charge is 0.322 e. The van der Waals surface area contributed by atoms with E-state index in [0.717, 1.165) is 5.69 Å². The molecule has 98 valence electrons. The lowest BCUT2D eigenvalue weighted by Gasteiger charge is -2.06. The van der Waals surface area contributed by atoms with Crippen LogP contribution in [-0.2, 0) is 0 Å². The van der Waals surface area contributed by atoms with Gasteiger partial charge in [0.1, 0.15) is 18.5 Å². The number of rotatable bonds is 3. The average molecular weight is 265 g/mol. The van der Waals surface area contributed by atoms with Crippen molar-refractivity contribution in [2.24, 2.45) is 0 Å². The van der Waals surface area contributed by atoms with Crippen LogP contribution < -0.4 is 5.32 Å². The first-order chi connectivity index (χ1) is 9.83. The molecule has 0 aliphatic heterocycles. The molecule has 3 aromatic rings. The van der Waals surface area contributed by atoms with Crippen LogP contribution in [0.5, 0.6) is 0 Å². The van der Waals surface area contributed by atoms with E-state index in [9.17, 15) is 4.79 Å². The molecule has 6 nitrogen and oxygen atoms in total. The normalized spacial score (nSPS) is 10.2. The van der Waals surface area contributed by atoms with Crippen LogP contribution in [0.2, 0.25) is 0 Å². The summed E-state index contributed by atoms with van der Waals surface area (Å²) in [4.78, 5) is 16.3. The second-order valence-electron chi connectivity index (χ2n) is 4.09. The molecule has 1 N–H and O–H groups in total. The van der Waals surface area contributed by atoms with E-state index < -0.39 is 0 Å². The fourth-order valence-electron chi connectivity index (χ4n) is 1.74. The number of nitrogens with zero attached hydrogens (tertiary/aromatic N) is 4. The van der Waals surface area contributed by atoms with Gasteiger partial charge < -0.3 is 5.32 Å². The van der Waals surface area contributed by atoms with Gasteiger partial charge in [0.05, 0.1) is 0 Å². The molecule has 0 atom stereocenters. The lowest BCUT2D eigenvalue weighted by Crippen LogP contribution is -2.12. The number of hydrogen-bond acceptors (Lipinski definition) is 4. The van der Waals surface area contributed by atoms with Crippen molar-refractivity contribution in [1.82, 2.24) is 19.7 Å². The summed E-state index contributed by atoms with van der Waals surface area (Å²) >= 11 is 0. The summed E-state index contributed by atoms with van der Waals surface area (Å²) in [5.74, 6) is 0.406. The monoisotopic (exact) mass is 265 g/mol. The minimum absolute atomic E-state index is 0.187. The van der Waals surface area contributed by atoms with Crippen molar-refractivity contribution in [3.05, 3.63) is 66.9 Å². The minimum atomic E-state index is -0.187.